The molecule has 0 saturated carbocycles. The van der Waals surface area contributed by atoms with Crippen molar-refractivity contribution in [2.24, 2.45) is 0 Å². The third-order valence-electron chi connectivity index (χ3n) is 4.61. The molecule has 0 spiro atoms. The van der Waals surface area contributed by atoms with E-state index >= 15 is 0 Å². The monoisotopic (exact) mass is 334 g/mol. The molecule has 0 bridgehead atoms. The number of nitrogens with one attached hydrogen (secondary N) is 1. The molecule has 2 aromatic rings. The second-order valence-electron chi connectivity index (χ2n) is 6.20. The topological polar surface area (TPSA) is 59.4 Å². The van der Waals surface area contributed by atoms with Gasteiger partial charge >= 0.3 is 0 Å². The molecule has 0 atom stereocenters. The summed E-state index contributed by atoms with van der Waals surface area (Å²) in [7, 11) is 1.66. The molecule has 5 nitrogen and oxygen atoms in total. The van der Waals surface area contributed by atoms with Gasteiger partial charge < -0.3 is 15.1 Å². The van der Waals surface area contributed by atoms with Crippen molar-refractivity contribution in [3.8, 4) is 6.07 Å². The predicted molar refractivity (Wildman–Crippen MR) is 100 cm³/mol. The number of para-hydroxylation sites is 1. The van der Waals surface area contributed by atoms with Crippen LogP contribution in [0.4, 0.5) is 11.4 Å². The van der Waals surface area contributed by atoms with Gasteiger partial charge in [0.15, 0.2) is 0 Å². The average Bonchev–Trinajstić information content (AvgIpc) is 2.67. The van der Waals surface area contributed by atoms with Crippen LogP contribution < -0.4 is 15.1 Å². The summed E-state index contributed by atoms with van der Waals surface area (Å²) >= 11 is 0. The van der Waals surface area contributed by atoms with Gasteiger partial charge in [0.2, 0.25) is 0 Å². The van der Waals surface area contributed by atoms with Crippen molar-refractivity contribution in [3.63, 3.8) is 0 Å². The van der Waals surface area contributed by atoms with Crippen molar-refractivity contribution in [3.05, 3.63) is 59.2 Å². The Bertz CT molecular complexity index is 817. The van der Waals surface area contributed by atoms with Crippen molar-refractivity contribution in [1.29, 1.82) is 5.26 Å². The van der Waals surface area contributed by atoms with Gasteiger partial charge in [-0.05, 0) is 36.8 Å². The number of hydrogen-bond donors (Lipinski definition) is 1. The first-order chi connectivity index (χ1) is 12.1. The Labute approximate surface area is 148 Å². The molecule has 0 unspecified atom stereocenters. The molecule has 1 aliphatic rings. The zero-order valence-corrected chi connectivity index (χ0v) is 14.6. The van der Waals surface area contributed by atoms with Gasteiger partial charge in [-0.2, -0.15) is 5.26 Å². The van der Waals surface area contributed by atoms with Crippen LogP contribution in [0.1, 0.15) is 21.5 Å². The molecule has 128 valence electrons. The second kappa shape index (κ2) is 7.27. The first-order valence-corrected chi connectivity index (χ1v) is 8.46. The van der Waals surface area contributed by atoms with E-state index in [9.17, 15) is 10.1 Å². The number of carbonyl (C=O) groups is 1. The number of amides is 1. The van der Waals surface area contributed by atoms with Crippen LogP contribution in [0.2, 0.25) is 0 Å². The van der Waals surface area contributed by atoms with Crippen molar-refractivity contribution in [2.45, 2.75) is 6.92 Å². The smallest absolute Gasteiger partial charge is 0.253 e. The number of carbonyl (C=O) groups excluding carboxylic acids is 1. The van der Waals surface area contributed by atoms with Crippen LogP contribution in [-0.4, -0.2) is 39.1 Å². The minimum atomic E-state index is -0.0627. The molecule has 0 radical (unpaired) electrons. The molecule has 1 N–H and O–H groups in total. The third-order valence-corrected chi connectivity index (χ3v) is 4.61. The van der Waals surface area contributed by atoms with Gasteiger partial charge in [-0.15, -0.1) is 0 Å². The summed E-state index contributed by atoms with van der Waals surface area (Å²) in [5, 5.41) is 12.0. The van der Waals surface area contributed by atoms with E-state index in [2.05, 4.69) is 27.3 Å². The summed E-state index contributed by atoms with van der Waals surface area (Å²) in [5.74, 6) is -0.0627. The Morgan fingerprint density at radius 2 is 1.68 bits per heavy atom. The van der Waals surface area contributed by atoms with Gasteiger partial charge in [0.25, 0.3) is 5.91 Å². The summed E-state index contributed by atoms with van der Waals surface area (Å²) in [4.78, 5) is 16.7. The van der Waals surface area contributed by atoms with Crippen LogP contribution in [0.5, 0.6) is 0 Å². The van der Waals surface area contributed by atoms with E-state index in [1.807, 2.05) is 43.3 Å². The standard InChI is InChI=1S/C20H22N4O/c1-15-7-8-17(20(25)22-2)19(13-15)24-11-9-23(10-12-24)18-6-4-3-5-16(18)14-21/h3-8,13H,9-12H2,1-2H3,(H,22,25). The minimum Gasteiger partial charge on any atom is -0.367 e. The highest BCUT2D eigenvalue weighted by molar-refractivity contribution is 5.99. The molecule has 5 heteroatoms. The molecule has 1 aliphatic heterocycles. The third kappa shape index (κ3) is 3.43. The lowest BCUT2D eigenvalue weighted by molar-refractivity contribution is 0.0963. The van der Waals surface area contributed by atoms with Crippen LogP contribution >= 0.6 is 0 Å². The first kappa shape index (κ1) is 16.8. The van der Waals surface area contributed by atoms with Crippen LogP contribution in [0.25, 0.3) is 0 Å². The van der Waals surface area contributed by atoms with E-state index in [0.717, 1.165) is 43.1 Å². The second-order valence-corrected chi connectivity index (χ2v) is 6.20. The Balaban J connectivity index is 1.80. The molecule has 0 aromatic heterocycles. The fraction of sp³-hybridized carbons (Fsp3) is 0.300. The van der Waals surface area contributed by atoms with Crippen molar-refractivity contribution in [2.75, 3.05) is 43.0 Å². The molecule has 3 rings (SSSR count). The van der Waals surface area contributed by atoms with E-state index in [1.165, 1.54) is 0 Å². The largest absolute Gasteiger partial charge is 0.367 e. The molecular weight excluding hydrogens is 312 g/mol. The molecular formula is C20H22N4O. The normalized spacial score (nSPS) is 14.1. The number of nitrogens with zero attached hydrogens (tertiary/aromatic N) is 3. The zero-order valence-electron chi connectivity index (χ0n) is 14.6. The Kier molecular flexibility index (Phi) is 4.90. The van der Waals surface area contributed by atoms with Gasteiger partial charge in [-0.1, -0.05) is 18.2 Å². The number of rotatable bonds is 3. The quantitative estimate of drug-likeness (QED) is 0.937. The maximum absolute atomic E-state index is 12.2. The fourth-order valence-electron chi connectivity index (χ4n) is 3.26. The van der Waals surface area contributed by atoms with E-state index in [0.29, 0.717) is 11.1 Å². The van der Waals surface area contributed by atoms with Crippen LogP contribution in [0.3, 0.4) is 0 Å². The van der Waals surface area contributed by atoms with E-state index < -0.39 is 0 Å². The molecule has 1 fully saturated rings. The fourth-order valence-corrected chi connectivity index (χ4v) is 3.26. The number of piperazine rings is 1. The van der Waals surface area contributed by atoms with Gasteiger partial charge in [-0.25, -0.2) is 0 Å². The summed E-state index contributed by atoms with van der Waals surface area (Å²) in [6, 6.07) is 15.9. The number of hydrogen-bond acceptors (Lipinski definition) is 4. The summed E-state index contributed by atoms with van der Waals surface area (Å²) < 4.78 is 0. The maximum atomic E-state index is 12.2. The van der Waals surface area contributed by atoms with Gasteiger partial charge in [0.1, 0.15) is 6.07 Å². The number of nitriles is 1. The first-order valence-electron chi connectivity index (χ1n) is 8.46. The van der Waals surface area contributed by atoms with Gasteiger partial charge in [0.05, 0.1) is 16.8 Å². The highest BCUT2D eigenvalue weighted by Crippen LogP contribution is 2.26. The summed E-state index contributed by atoms with van der Waals surface area (Å²) in [6.45, 7) is 5.30. The Hall–Kier alpha value is -3.00. The highest BCUT2D eigenvalue weighted by atomic mass is 16.1. The van der Waals surface area contributed by atoms with E-state index in [4.69, 9.17) is 0 Å². The minimum absolute atomic E-state index is 0.0627. The molecule has 1 saturated heterocycles. The molecule has 1 heterocycles. The molecule has 25 heavy (non-hydrogen) atoms. The lowest BCUT2D eigenvalue weighted by Crippen LogP contribution is -2.47. The lowest BCUT2D eigenvalue weighted by atomic mass is 10.1. The van der Waals surface area contributed by atoms with Crippen molar-refractivity contribution >= 4 is 17.3 Å². The summed E-state index contributed by atoms with van der Waals surface area (Å²) in [5.41, 5.74) is 4.52. The predicted octanol–water partition coefficient (Wildman–Crippen LogP) is 2.55. The Morgan fingerprint density at radius 3 is 2.32 bits per heavy atom. The SMILES string of the molecule is CNC(=O)c1ccc(C)cc1N1CCN(c2ccccc2C#N)CC1. The molecule has 1 amide bonds. The number of aryl methyl sites for hydroxylation is 1. The lowest BCUT2D eigenvalue weighted by Gasteiger charge is -2.38. The molecule has 0 aliphatic carbocycles. The van der Waals surface area contributed by atoms with Crippen molar-refractivity contribution < 1.29 is 4.79 Å². The maximum Gasteiger partial charge on any atom is 0.253 e. The van der Waals surface area contributed by atoms with Gasteiger partial charge in [0, 0.05) is 38.9 Å². The number of benzene rings is 2. The van der Waals surface area contributed by atoms with Crippen LogP contribution in [-0.2, 0) is 0 Å². The van der Waals surface area contributed by atoms with Crippen molar-refractivity contribution in [1.82, 2.24) is 5.32 Å². The van der Waals surface area contributed by atoms with Crippen LogP contribution in [0, 0.1) is 18.3 Å². The average molecular weight is 334 g/mol. The zero-order chi connectivity index (χ0) is 17.8. The number of anilines is 2. The van der Waals surface area contributed by atoms with Crippen LogP contribution in [0.15, 0.2) is 42.5 Å². The summed E-state index contributed by atoms with van der Waals surface area (Å²) in [6.07, 6.45) is 0. The van der Waals surface area contributed by atoms with E-state index in [1.54, 1.807) is 7.05 Å². The Morgan fingerprint density at radius 1 is 1.04 bits per heavy atom. The highest BCUT2D eigenvalue weighted by Gasteiger charge is 2.22. The van der Waals surface area contributed by atoms with Gasteiger partial charge in [-0.3, -0.25) is 4.79 Å². The van der Waals surface area contributed by atoms with E-state index in [-0.39, 0.29) is 5.91 Å². The molecule has 2 aromatic carbocycles.